The van der Waals surface area contributed by atoms with Gasteiger partial charge in [0.15, 0.2) is 0 Å². The zero-order valence-corrected chi connectivity index (χ0v) is 15.7. The van der Waals surface area contributed by atoms with Gasteiger partial charge in [0.05, 0.1) is 17.7 Å². The highest BCUT2D eigenvalue weighted by atomic mass is 35.5. The second-order valence-electron chi connectivity index (χ2n) is 5.95. The molecule has 1 aromatic carbocycles. The average Bonchev–Trinajstić information content (AvgIpc) is 3.10. The van der Waals surface area contributed by atoms with Crippen LogP contribution in [0.3, 0.4) is 0 Å². The first kappa shape index (κ1) is 19.8. The summed E-state index contributed by atoms with van der Waals surface area (Å²) in [5.41, 5.74) is 7.27. The van der Waals surface area contributed by atoms with Crippen LogP contribution in [0, 0.1) is 0 Å². The maximum Gasteiger partial charge on any atom is 0.273 e. The highest BCUT2D eigenvalue weighted by Crippen LogP contribution is 2.19. The van der Waals surface area contributed by atoms with Crippen LogP contribution in [0.4, 0.5) is 0 Å². The van der Waals surface area contributed by atoms with Crippen LogP contribution in [0.2, 0.25) is 0 Å². The van der Waals surface area contributed by atoms with Gasteiger partial charge >= 0.3 is 0 Å². The maximum atomic E-state index is 12.5. The third-order valence-electron chi connectivity index (χ3n) is 4.19. The molecule has 5 nitrogen and oxygen atoms in total. The lowest BCUT2D eigenvalue weighted by Crippen LogP contribution is -2.41. The Morgan fingerprint density at radius 3 is 2.68 bits per heavy atom. The van der Waals surface area contributed by atoms with Gasteiger partial charge in [-0.2, -0.15) is 0 Å². The van der Waals surface area contributed by atoms with E-state index in [1.807, 2.05) is 28.5 Å². The summed E-state index contributed by atoms with van der Waals surface area (Å²) >= 11 is 1.51. The van der Waals surface area contributed by atoms with Crippen molar-refractivity contribution in [3.05, 3.63) is 52.0 Å². The number of benzene rings is 1. The van der Waals surface area contributed by atoms with Crippen molar-refractivity contribution in [3.63, 3.8) is 0 Å². The van der Waals surface area contributed by atoms with Gasteiger partial charge in [-0.1, -0.05) is 30.3 Å². The molecule has 1 aromatic heterocycles. The van der Waals surface area contributed by atoms with Gasteiger partial charge in [0.25, 0.3) is 5.91 Å². The van der Waals surface area contributed by atoms with Gasteiger partial charge in [-0.05, 0) is 24.9 Å². The van der Waals surface area contributed by atoms with Crippen molar-refractivity contribution in [1.29, 1.82) is 0 Å². The number of halogens is 1. The molecule has 2 aromatic rings. The van der Waals surface area contributed by atoms with Crippen molar-refractivity contribution in [2.45, 2.75) is 32.0 Å². The third-order valence-corrected chi connectivity index (χ3v) is 5.10. The standard InChI is InChI=1S/C18H23N3O2S.ClH/c19-9-6-17-20-16(13-24-17)18(22)21-10-7-15(8-11-21)23-12-14-4-2-1-3-5-14;/h1-5,13,15H,6-12,19H2;1H. The molecule has 0 bridgehead atoms. The molecular weight excluding hydrogens is 358 g/mol. The zero-order chi connectivity index (χ0) is 16.8. The zero-order valence-electron chi connectivity index (χ0n) is 14.1. The molecule has 2 heterocycles. The Hall–Kier alpha value is -1.47. The molecule has 7 heteroatoms. The number of ether oxygens (including phenoxy) is 1. The van der Waals surface area contributed by atoms with E-state index in [2.05, 4.69) is 17.1 Å². The van der Waals surface area contributed by atoms with Gasteiger partial charge < -0.3 is 15.4 Å². The Bertz CT molecular complexity index is 657. The predicted molar refractivity (Wildman–Crippen MR) is 102 cm³/mol. The topological polar surface area (TPSA) is 68.5 Å². The first-order chi connectivity index (χ1) is 11.8. The minimum absolute atomic E-state index is 0. The monoisotopic (exact) mass is 381 g/mol. The quantitative estimate of drug-likeness (QED) is 0.835. The van der Waals surface area contributed by atoms with Crippen LogP contribution in [0.5, 0.6) is 0 Å². The van der Waals surface area contributed by atoms with Crippen LogP contribution in [0.15, 0.2) is 35.7 Å². The molecule has 1 saturated heterocycles. The minimum Gasteiger partial charge on any atom is -0.373 e. The summed E-state index contributed by atoms with van der Waals surface area (Å²) in [5.74, 6) is 0.0241. The number of carbonyl (C=O) groups excluding carboxylic acids is 1. The van der Waals surface area contributed by atoms with Crippen LogP contribution < -0.4 is 5.73 Å². The molecule has 136 valence electrons. The van der Waals surface area contributed by atoms with Crippen molar-refractivity contribution < 1.29 is 9.53 Å². The summed E-state index contributed by atoms with van der Waals surface area (Å²) in [7, 11) is 0. The molecular formula is C18H24ClN3O2S. The van der Waals surface area contributed by atoms with Gasteiger partial charge in [-0.25, -0.2) is 4.98 Å². The summed E-state index contributed by atoms with van der Waals surface area (Å²) in [6, 6.07) is 10.2. The molecule has 25 heavy (non-hydrogen) atoms. The molecule has 0 saturated carbocycles. The van der Waals surface area contributed by atoms with Gasteiger partial charge in [0.2, 0.25) is 0 Å². The number of carbonyl (C=O) groups is 1. The van der Waals surface area contributed by atoms with Crippen LogP contribution in [-0.4, -0.2) is 41.5 Å². The Kier molecular flexibility index (Phi) is 7.84. The summed E-state index contributed by atoms with van der Waals surface area (Å²) in [6.45, 7) is 2.64. The number of nitrogens with two attached hydrogens (primary N) is 1. The van der Waals surface area contributed by atoms with E-state index in [9.17, 15) is 4.79 Å². The minimum atomic E-state index is 0. The summed E-state index contributed by atoms with van der Waals surface area (Å²) < 4.78 is 5.97. The number of thiazole rings is 1. The molecule has 1 fully saturated rings. The van der Waals surface area contributed by atoms with Crippen LogP contribution in [-0.2, 0) is 17.8 Å². The maximum absolute atomic E-state index is 12.5. The molecule has 2 N–H and O–H groups in total. The van der Waals surface area contributed by atoms with E-state index in [1.54, 1.807) is 0 Å². The summed E-state index contributed by atoms with van der Waals surface area (Å²) in [4.78, 5) is 18.8. The molecule has 0 aliphatic carbocycles. The number of rotatable bonds is 6. The van der Waals surface area contributed by atoms with E-state index < -0.39 is 0 Å². The van der Waals surface area contributed by atoms with Gasteiger partial charge in [-0.3, -0.25) is 4.79 Å². The van der Waals surface area contributed by atoms with Gasteiger partial charge in [-0.15, -0.1) is 23.7 Å². The summed E-state index contributed by atoms with van der Waals surface area (Å²) in [5, 5.41) is 2.77. The van der Waals surface area contributed by atoms with Gasteiger partial charge in [0, 0.05) is 24.9 Å². The molecule has 1 aliphatic heterocycles. The second-order valence-corrected chi connectivity index (χ2v) is 6.90. The Balaban J connectivity index is 0.00000225. The number of aromatic nitrogens is 1. The Labute approximate surface area is 158 Å². The van der Waals surface area contributed by atoms with E-state index >= 15 is 0 Å². The van der Waals surface area contributed by atoms with Gasteiger partial charge in [0.1, 0.15) is 5.69 Å². The molecule has 3 rings (SSSR count). The molecule has 0 atom stereocenters. The molecule has 1 aliphatic rings. The number of amides is 1. The normalized spacial score (nSPS) is 15.0. The van der Waals surface area contributed by atoms with E-state index in [4.69, 9.17) is 10.5 Å². The number of nitrogens with zero attached hydrogens (tertiary/aromatic N) is 2. The number of piperidine rings is 1. The summed E-state index contributed by atoms with van der Waals surface area (Å²) in [6.07, 6.45) is 2.70. The first-order valence-corrected chi connectivity index (χ1v) is 9.23. The van der Waals surface area contributed by atoms with Crippen molar-refractivity contribution in [2.24, 2.45) is 5.73 Å². The fraction of sp³-hybridized carbons (Fsp3) is 0.444. The lowest BCUT2D eigenvalue weighted by atomic mass is 10.1. The Morgan fingerprint density at radius 2 is 2.00 bits per heavy atom. The Morgan fingerprint density at radius 1 is 1.28 bits per heavy atom. The molecule has 0 unspecified atom stereocenters. The average molecular weight is 382 g/mol. The van der Waals surface area contributed by atoms with E-state index in [0.717, 1.165) is 37.4 Å². The van der Waals surface area contributed by atoms with Crippen LogP contribution >= 0.6 is 23.7 Å². The predicted octanol–water partition coefficient (Wildman–Crippen LogP) is 2.89. The molecule has 0 spiro atoms. The van der Waals surface area contributed by atoms with E-state index in [0.29, 0.717) is 18.8 Å². The largest absolute Gasteiger partial charge is 0.373 e. The fourth-order valence-corrected chi connectivity index (χ4v) is 3.61. The number of hydrogen-bond acceptors (Lipinski definition) is 5. The molecule has 0 radical (unpaired) electrons. The SMILES string of the molecule is Cl.NCCc1nc(C(=O)N2CCC(OCc3ccccc3)CC2)cs1. The third kappa shape index (κ3) is 5.51. The second kappa shape index (κ2) is 9.87. The van der Waals surface area contributed by atoms with Crippen molar-refractivity contribution in [1.82, 2.24) is 9.88 Å². The lowest BCUT2D eigenvalue weighted by molar-refractivity contribution is -0.000496. The van der Waals surface area contributed by atoms with Crippen molar-refractivity contribution >= 4 is 29.7 Å². The van der Waals surface area contributed by atoms with Crippen molar-refractivity contribution in [2.75, 3.05) is 19.6 Å². The number of likely N-dealkylation sites (tertiary alicyclic amines) is 1. The highest BCUT2D eigenvalue weighted by Gasteiger charge is 2.25. The number of hydrogen-bond donors (Lipinski definition) is 1. The van der Waals surface area contributed by atoms with E-state index in [1.165, 1.54) is 16.9 Å². The fourth-order valence-electron chi connectivity index (χ4n) is 2.82. The lowest BCUT2D eigenvalue weighted by Gasteiger charge is -2.31. The first-order valence-electron chi connectivity index (χ1n) is 8.35. The molecule has 1 amide bonds. The van der Waals surface area contributed by atoms with E-state index in [-0.39, 0.29) is 24.4 Å². The highest BCUT2D eigenvalue weighted by molar-refractivity contribution is 7.09. The van der Waals surface area contributed by atoms with Crippen LogP contribution in [0.1, 0.15) is 33.9 Å². The van der Waals surface area contributed by atoms with Crippen LogP contribution in [0.25, 0.3) is 0 Å². The van der Waals surface area contributed by atoms with Crippen molar-refractivity contribution in [3.8, 4) is 0 Å². The smallest absolute Gasteiger partial charge is 0.273 e.